The van der Waals surface area contributed by atoms with E-state index in [9.17, 15) is 14.4 Å². The maximum Gasteiger partial charge on any atom is 0.312 e. The molecule has 3 N–H and O–H groups in total. The van der Waals surface area contributed by atoms with Crippen LogP contribution in [0.1, 0.15) is 25.7 Å². The Morgan fingerprint density at radius 1 is 1.00 bits per heavy atom. The number of primary amides is 1. The number of carbonyl (C=O) groups is 3. The lowest BCUT2D eigenvalue weighted by Crippen LogP contribution is -2.44. The lowest BCUT2D eigenvalue weighted by atomic mass is 9.84. The number of hydrogen-bond donors (Lipinski definition) is 2. The highest BCUT2D eigenvalue weighted by molar-refractivity contribution is 5.83. The quantitative estimate of drug-likeness (QED) is 0.731. The van der Waals surface area contributed by atoms with Gasteiger partial charge in [-0.15, -0.1) is 0 Å². The third-order valence-electron chi connectivity index (χ3n) is 4.03. The lowest BCUT2D eigenvalue weighted by molar-refractivity contribution is -0.138. The minimum Gasteiger partial charge on any atom is -0.352 e. The minimum atomic E-state index is -0.699. The van der Waals surface area contributed by atoms with Gasteiger partial charge in [-0.25, -0.2) is 4.79 Å². The van der Waals surface area contributed by atoms with E-state index in [0.29, 0.717) is 26.2 Å². The van der Waals surface area contributed by atoms with Crippen LogP contribution in [0.25, 0.3) is 0 Å². The van der Waals surface area contributed by atoms with Crippen LogP contribution in [-0.2, 0) is 9.59 Å². The fourth-order valence-electron chi connectivity index (χ4n) is 2.58. The summed E-state index contributed by atoms with van der Waals surface area (Å²) in [5, 5.41) is 2.30. The maximum absolute atomic E-state index is 12.2. The third kappa shape index (κ3) is 3.61. The molecule has 2 fully saturated rings. The Labute approximate surface area is 118 Å². The van der Waals surface area contributed by atoms with Crippen molar-refractivity contribution in [2.75, 3.05) is 32.7 Å². The molecule has 0 radical (unpaired) electrons. The van der Waals surface area contributed by atoms with Gasteiger partial charge in [0.15, 0.2) is 0 Å². The third-order valence-corrected chi connectivity index (χ3v) is 4.03. The van der Waals surface area contributed by atoms with Gasteiger partial charge in [0.05, 0.1) is 6.54 Å². The first-order valence-corrected chi connectivity index (χ1v) is 7.18. The molecule has 0 spiro atoms. The molecule has 1 saturated heterocycles. The van der Waals surface area contributed by atoms with Crippen molar-refractivity contribution < 1.29 is 14.4 Å². The number of urea groups is 1. The molecule has 1 aliphatic heterocycles. The van der Waals surface area contributed by atoms with Gasteiger partial charge in [-0.2, -0.15) is 0 Å². The van der Waals surface area contributed by atoms with E-state index < -0.39 is 6.03 Å². The molecule has 2 rings (SSSR count). The van der Waals surface area contributed by atoms with E-state index in [0.717, 1.165) is 25.7 Å². The molecular weight excluding hydrogens is 260 g/mol. The summed E-state index contributed by atoms with van der Waals surface area (Å²) >= 11 is 0. The number of nitrogens with one attached hydrogen (secondary N) is 1. The van der Waals surface area contributed by atoms with E-state index in [1.165, 1.54) is 0 Å². The fraction of sp³-hybridized carbons (Fsp3) is 0.769. The van der Waals surface area contributed by atoms with Crippen molar-refractivity contribution in [1.29, 1.82) is 0 Å². The summed E-state index contributed by atoms with van der Waals surface area (Å²) in [6, 6.07) is -0.699. The monoisotopic (exact) mass is 282 g/mol. The molecule has 20 heavy (non-hydrogen) atoms. The molecule has 0 atom stereocenters. The van der Waals surface area contributed by atoms with Crippen LogP contribution in [0.2, 0.25) is 0 Å². The van der Waals surface area contributed by atoms with Gasteiger partial charge in [0, 0.05) is 32.1 Å². The Kier molecular flexibility index (Phi) is 4.81. The first-order chi connectivity index (χ1) is 9.58. The van der Waals surface area contributed by atoms with Gasteiger partial charge in [0.25, 0.3) is 0 Å². The molecule has 0 aromatic rings. The molecule has 0 aromatic carbocycles. The smallest absolute Gasteiger partial charge is 0.312 e. The Morgan fingerprint density at radius 2 is 1.65 bits per heavy atom. The number of nitrogens with two attached hydrogens (primary N) is 1. The van der Waals surface area contributed by atoms with E-state index in [1.807, 2.05) is 4.90 Å². The molecule has 7 nitrogen and oxygen atoms in total. The Balaban J connectivity index is 1.80. The number of hydrogen-bond acceptors (Lipinski definition) is 3. The predicted molar refractivity (Wildman–Crippen MR) is 72.7 cm³/mol. The standard InChI is InChI=1S/C13H22N4O3/c14-13(20)15-9-11(18)16-5-2-6-17(8-7-16)12(19)10-3-1-4-10/h10H,1-9H2,(H3,14,15,20). The molecule has 4 amide bonds. The second-order valence-electron chi connectivity index (χ2n) is 5.41. The molecular formula is C13H22N4O3. The normalized spacial score (nSPS) is 20.0. The number of carbonyl (C=O) groups excluding carboxylic acids is 3. The molecule has 1 aliphatic carbocycles. The van der Waals surface area contributed by atoms with Crippen LogP contribution >= 0.6 is 0 Å². The molecule has 7 heteroatoms. The van der Waals surface area contributed by atoms with Gasteiger partial charge in [0.1, 0.15) is 0 Å². The van der Waals surface area contributed by atoms with E-state index in [4.69, 9.17) is 5.73 Å². The van der Waals surface area contributed by atoms with Crippen LogP contribution < -0.4 is 11.1 Å². The zero-order valence-electron chi connectivity index (χ0n) is 11.6. The molecule has 1 saturated carbocycles. The molecule has 0 bridgehead atoms. The van der Waals surface area contributed by atoms with Gasteiger partial charge in [-0.1, -0.05) is 6.42 Å². The van der Waals surface area contributed by atoms with Crippen molar-refractivity contribution >= 4 is 17.8 Å². The molecule has 0 aromatic heterocycles. The highest BCUT2D eigenvalue weighted by Crippen LogP contribution is 2.28. The van der Waals surface area contributed by atoms with E-state index in [1.54, 1.807) is 4.90 Å². The van der Waals surface area contributed by atoms with Crippen molar-refractivity contribution in [1.82, 2.24) is 15.1 Å². The average Bonchev–Trinajstić information content (AvgIpc) is 2.59. The van der Waals surface area contributed by atoms with Crippen LogP contribution in [0, 0.1) is 5.92 Å². The number of amides is 4. The highest BCUT2D eigenvalue weighted by Gasteiger charge is 2.30. The largest absolute Gasteiger partial charge is 0.352 e. The van der Waals surface area contributed by atoms with E-state index in [-0.39, 0.29) is 24.3 Å². The predicted octanol–water partition coefficient (Wildman–Crippen LogP) is -0.484. The van der Waals surface area contributed by atoms with Crippen LogP contribution in [0.4, 0.5) is 4.79 Å². The summed E-state index contributed by atoms with van der Waals surface area (Å²) in [6.07, 6.45) is 3.93. The van der Waals surface area contributed by atoms with Crippen LogP contribution in [0.15, 0.2) is 0 Å². The summed E-state index contributed by atoms with van der Waals surface area (Å²) in [5.41, 5.74) is 4.94. The lowest BCUT2D eigenvalue weighted by Gasteiger charge is -2.31. The summed E-state index contributed by atoms with van der Waals surface area (Å²) in [5.74, 6) is 0.288. The van der Waals surface area contributed by atoms with Crippen LogP contribution in [0.3, 0.4) is 0 Å². The van der Waals surface area contributed by atoms with Crippen LogP contribution in [-0.4, -0.2) is 60.4 Å². The average molecular weight is 282 g/mol. The molecule has 1 heterocycles. The Bertz CT molecular complexity index is 395. The first kappa shape index (κ1) is 14.6. The Hall–Kier alpha value is -1.79. The molecule has 2 aliphatic rings. The number of rotatable bonds is 3. The molecule has 112 valence electrons. The fourth-order valence-corrected chi connectivity index (χ4v) is 2.58. The zero-order chi connectivity index (χ0) is 14.5. The summed E-state index contributed by atoms with van der Waals surface area (Å²) in [7, 11) is 0. The van der Waals surface area contributed by atoms with Crippen LogP contribution in [0.5, 0.6) is 0 Å². The van der Waals surface area contributed by atoms with E-state index >= 15 is 0 Å². The van der Waals surface area contributed by atoms with Gasteiger partial charge < -0.3 is 20.9 Å². The second-order valence-corrected chi connectivity index (χ2v) is 5.41. The minimum absolute atomic E-state index is 0.0775. The number of nitrogens with zero attached hydrogens (tertiary/aromatic N) is 2. The first-order valence-electron chi connectivity index (χ1n) is 7.18. The van der Waals surface area contributed by atoms with Gasteiger partial charge >= 0.3 is 6.03 Å². The Morgan fingerprint density at radius 3 is 2.25 bits per heavy atom. The van der Waals surface area contributed by atoms with Crippen molar-refractivity contribution in [3.63, 3.8) is 0 Å². The van der Waals surface area contributed by atoms with Crippen molar-refractivity contribution in [2.45, 2.75) is 25.7 Å². The summed E-state index contributed by atoms with van der Waals surface area (Å²) in [4.78, 5) is 38.2. The highest BCUT2D eigenvalue weighted by atomic mass is 16.2. The summed E-state index contributed by atoms with van der Waals surface area (Å²) < 4.78 is 0. The van der Waals surface area contributed by atoms with Gasteiger partial charge in [0.2, 0.25) is 11.8 Å². The van der Waals surface area contributed by atoms with Gasteiger partial charge in [-0.3, -0.25) is 9.59 Å². The van der Waals surface area contributed by atoms with Crippen molar-refractivity contribution in [3.8, 4) is 0 Å². The zero-order valence-corrected chi connectivity index (χ0v) is 11.6. The maximum atomic E-state index is 12.2. The van der Waals surface area contributed by atoms with E-state index in [2.05, 4.69) is 5.32 Å². The van der Waals surface area contributed by atoms with Crippen molar-refractivity contribution in [3.05, 3.63) is 0 Å². The second kappa shape index (κ2) is 6.58. The van der Waals surface area contributed by atoms with Crippen molar-refractivity contribution in [2.24, 2.45) is 11.7 Å². The topological polar surface area (TPSA) is 95.7 Å². The van der Waals surface area contributed by atoms with Gasteiger partial charge in [-0.05, 0) is 19.3 Å². The molecule has 0 unspecified atom stereocenters. The SMILES string of the molecule is NC(=O)NCC(=O)N1CCCN(C(=O)C2CCC2)CC1. The summed E-state index contributed by atoms with van der Waals surface area (Å²) in [6.45, 7) is 2.36.